The molecule has 2 amide bonds. The summed E-state index contributed by atoms with van der Waals surface area (Å²) in [6, 6.07) is 8.23. The lowest BCUT2D eigenvalue weighted by atomic mass is 10.2. The summed E-state index contributed by atoms with van der Waals surface area (Å²) < 4.78 is 15.5. The summed E-state index contributed by atoms with van der Waals surface area (Å²) in [4.78, 5) is 23.8. The van der Waals surface area contributed by atoms with Gasteiger partial charge in [-0.05, 0) is 37.3 Å². The van der Waals surface area contributed by atoms with Crippen molar-refractivity contribution in [2.75, 3.05) is 20.8 Å². The largest absolute Gasteiger partial charge is 0.493 e. The molecule has 0 saturated heterocycles. The summed E-state index contributed by atoms with van der Waals surface area (Å²) >= 11 is 0. The SMILES string of the molecule is COc1ccc(C(=O)NCC(=O)N/N=C\c2ccc(C)o2)cc1OC. The van der Waals surface area contributed by atoms with Gasteiger partial charge < -0.3 is 19.2 Å². The number of nitrogens with zero attached hydrogens (tertiary/aromatic N) is 1. The van der Waals surface area contributed by atoms with Gasteiger partial charge in [-0.15, -0.1) is 0 Å². The molecule has 2 rings (SSSR count). The molecule has 2 N–H and O–H groups in total. The van der Waals surface area contributed by atoms with Crippen LogP contribution < -0.4 is 20.2 Å². The molecule has 132 valence electrons. The number of furan rings is 1. The number of aryl methyl sites for hydroxylation is 1. The van der Waals surface area contributed by atoms with E-state index >= 15 is 0 Å². The van der Waals surface area contributed by atoms with Gasteiger partial charge in [0, 0.05) is 5.56 Å². The van der Waals surface area contributed by atoms with Crippen LogP contribution in [-0.4, -0.2) is 38.8 Å². The smallest absolute Gasteiger partial charge is 0.259 e. The second kappa shape index (κ2) is 8.53. The van der Waals surface area contributed by atoms with E-state index < -0.39 is 11.8 Å². The highest BCUT2D eigenvalue weighted by Gasteiger charge is 2.11. The fraction of sp³-hybridized carbons (Fsp3) is 0.235. The molecule has 8 nitrogen and oxygen atoms in total. The van der Waals surface area contributed by atoms with Gasteiger partial charge in [0.25, 0.3) is 11.8 Å². The van der Waals surface area contributed by atoms with Crippen LogP contribution in [0.1, 0.15) is 21.9 Å². The molecule has 0 atom stereocenters. The first-order valence-corrected chi connectivity index (χ1v) is 7.42. The number of rotatable bonds is 7. The van der Waals surface area contributed by atoms with Crippen molar-refractivity contribution in [3.8, 4) is 11.5 Å². The van der Waals surface area contributed by atoms with Crippen molar-refractivity contribution in [3.63, 3.8) is 0 Å². The Bertz CT molecular complexity index is 782. The highest BCUT2D eigenvalue weighted by molar-refractivity contribution is 5.97. The summed E-state index contributed by atoms with van der Waals surface area (Å²) in [7, 11) is 2.98. The Kier molecular flexibility index (Phi) is 6.16. The summed E-state index contributed by atoms with van der Waals surface area (Å²) in [5.74, 6) is 1.33. The minimum Gasteiger partial charge on any atom is -0.493 e. The Morgan fingerprint density at radius 3 is 2.56 bits per heavy atom. The van der Waals surface area contributed by atoms with Crippen LogP contribution in [0.5, 0.6) is 11.5 Å². The Balaban J connectivity index is 1.84. The van der Waals surface area contributed by atoms with E-state index in [4.69, 9.17) is 13.9 Å². The minimum atomic E-state index is -0.464. The van der Waals surface area contributed by atoms with E-state index in [9.17, 15) is 9.59 Å². The van der Waals surface area contributed by atoms with E-state index in [2.05, 4.69) is 15.8 Å². The lowest BCUT2D eigenvalue weighted by molar-refractivity contribution is -0.120. The topological polar surface area (TPSA) is 102 Å². The molecule has 0 radical (unpaired) electrons. The van der Waals surface area contributed by atoms with Gasteiger partial charge in [0.2, 0.25) is 0 Å². The van der Waals surface area contributed by atoms with Crippen LogP contribution in [0, 0.1) is 6.92 Å². The molecule has 0 bridgehead atoms. The first-order chi connectivity index (χ1) is 12.0. The van der Waals surface area contributed by atoms with Gasteiger partial charge in [-0.3, -0.25) is 9.59 Å². The molecule has 0 aliphatic rings. The van der Waals surface area contributed by atoms with Gasteiger partial charge in [-0.2, -0.15) is 5.10 Å². The van der Waals surface area contributed by atoms with Gasteiger partial charge in [-0.1, -0.05) is 0 Å². The highest BCUT2D eigenvalue weighted by Crippen LogP contribution is 2.27. The van der Waals surface area contributed by atoms with Crippen molar-refractivity contribution in [1.82, 2.24) is 10.7 Å². The summed E-state index contributed by atoms with van der Waals surface area (Å²) in [6.45, 7) is 1.58. The molecule has 0 aliphatic carbocycles. The maximum absolute atomic E-state index is 12.1. The summed E-state index contributed by atoms with van der Waals surface area (Å²) in [5, 5.41) is 6.25. The quantitative estimate of drug-likeness (QED) is 0.585. The highest BCUT2D eigenvalue weighted by atomic mass is 16.5. The third-order valence-corrected chi connectivity index (χ3v) is 3.20. The molecule has 0 aliphatic heterocycles. The number of hydrazone groups is 1. The summed E-state index contributed by atoms with van der Waals surface area (Å²) in [6.07, 6.45) is 1.38. The number of hydrogen-bond acceptors (Lipinski definition) is 6. The van der Waals surface area contributed by atoms with Crippen molar-refractivity contribution in [3.05, 3.63) is 47.4 Å². The molecule has 0 unspecified atom stereocenters. The van der Waals surface area contributed by atoms with E-state index in [0.717, 1.165) is 5.76 Å². The third kappa shape index (κ3) is 5.10. The maximum Gasteiger partial charge on any atom is 0.259 e. The van der Waals surface area contributed by atoms with Crippen LogP contribution in [0.25, 0.3) is 0 Å². The average molecular weight is 345 g/mol. The van der Waals surface area contributed by atoms with Crippen LogP contribution in [0.2, 0.25) is 0 Å². The number of nitrogens with one attached hydrogen (secondary N) is 2. The number of carbonyl (C=O) groups is 2. The van der Waals surface area contributed by atoms with E-state index in [1.165, 1.54) is 26.5 Å². The molecule has 0 saturated carbocycles. The minimum absolute atomic E-state index is 0.221. The predicted molar refractivity (Wildman–Crippen MR) is 91.1 cm³/mol. The number of amides is 2. The predicted octanol–water partition coefficient (Wildman–Crippen LogP) is 1.49. The maximum atomic E-state index is 12.1. The monoisotopic (exact) mass is 345 g/mol. The summed E-state index contributed by atoms with van der Waals surface area (Å²) in [5.41, 5.74) is 2.65. The second-order valence-corrected chi connectivity index (χ2v) is 4.99. The van der Waals surface area contributed by atoms with Gasteiger partial charge in [0.05, 0.1) is 27.0 Å². The molecule has 2 aromatic rings. The molecule has 25 heavy (non-hydrogen) atoms. The Morgan fingerprint density at radius 1 is 1.16 bits per heavy atom. The van der Waals surface area contributed by atoms with Gasteiger partial charge >= 0.3 is 0 Å². The first-order valence-electron chi connectivity index (χ1n) is 7.42. The van der Waals surface area contributed by atoms with Gasteiger partial charge in [-0.25, -0.2) is 5.43 Å². The second-order valence-electron chi connectivity index (χ2n) is 4.99. The van der Waals surface area contributed by atoms with E-state index in [0.29, 0.717) is 22.8 Å². The molecule has 1 aromatic heterocycles. The van der Waals surface area contributed by atoms with Crippen LogP contribution in [-0.2, 0) is 4.79 Å². The molecular weight excluding hydrogens is 326 g/mol. The van der Waals surface area contributed by atoms with Crippen LogP contribution in [0.3, 0.4) is 0 Å². The van der Waals surface area contributed by atoms with Gasteiger partial charge in [0.1, 0.15) is 11.5 Å². The van der Waals surface area contributed by atoms with Crippen molar-refractivity contribution >= 4 is 18.0 Å². The lowest BCUT2D eigenvalue weighted by Crippen LogP contribution is -2.34. The standard InChI is InChI=1S/C17H19N3O5/c1-11-4-6-13(25-11)9-19-20-16(21)10-18-17(22)12-5-7-14(23-2)15(8-12)24-3/h4-9H,10H2,1-3H3,(H,18,22)(H,20,21)/b19-9-. The third-order valence-electron chi connectivity index (χ3n) is 3.20. The van der Waals surface area contributed by atoms with Crippen LogP contribution in [0.4, 0.5) is 0 Å². The zero-order chi connectivity index (χ0) is 18.2. The van der Waals surface area contributed by atoms with E-state index in [1.807, 2.05) is 0 Å². The zero-order valence-corrected chi connectivity index (χ0v) is 14.2. The molecule has 0 fully saturated rings. The zero-order valence-electron chi connectivity index (χ0n) is 14.2. The fourth-order valence-electron chi connectivity index (χ4n) is 1.97. The molecule has 8 heteroatoms. The Hall–Kier alpha value is -3.29. The van der Waals surface area contributed by atoms with E-state index in [-0.39, 0.29) is 6.54 Å². The van der Waals surface area contributed by atoms with Crippen LogP contribution >= 0.6 is 0 Å². The van der Waals surface area contributed by atoms with Crippen molar-refractivity contribution in [2.45, 2.75) is 6.92 Å². The van der Waals surface area contributed by atoms with E-state index in [1.54, 1.807) is 31.2 Å². The Labute approximate surface area is 144 Å². The van der Waals surface area contributed by atoms with Crippen molar-refractivity contribution in [2.24, 2.45) is 5.10 Å². The average Bonchev–Trinajstić information content (AvgIpc) is 3.04. The molecular formula is C17H19N3O5. The fourth-order valence-corrected chi connectivity index (χ4v) is 1.97. The lowest BCUT2D eigenvalue weighted by Gasteiger charge is -2.09. The normalized spacial score (nSPS) is 10.5. The van der Waals surface area contributed by atoms with Crippen molar-refractivity contribution in [1.29, 1.82) is 0 Å². The van der Waals surface area contributed by atoms with Crippen LogP contribution in [0.15, 0.2) is 39.9 Å². The number of benzene rings is 1. The number of carbonyl (C=O) groups excluding carboxylic acids is 2. The molecule has 0 spiro atoms. The Morgan fingerprint density at radius 2 is 1.92 bits per heavy atom. The first kappa shape index (κ1) is 18.1. The molecule has 1 aromatic carbocycles. The van der Waals surface area contributed by atoms with Gasteiger partial charge in [0.15, 0.2) is 11.5 Å². The number of ether oxygens (including phenoxy) is 2. The molecule has 1 heterocycles. The van der Waals surface area contributed by atoms with Crippen molar-refractivity contribution < 1.29 is 23.5 Å². The number of hydrogen-bond donors (Lipinski definition) is 2. The number of methoxy groups -OCH3 is 2.